The lowest BCUT2D eigenvalue weighted by atomic mass is 9.63. The van der Waals surface area contributed by atoms with Crippen molar-refractivity contribution in [3.63, 3.8) is 0 Å². The first-order chi connectivity index (χ1) is 11.0. The number of carbonyl (C=O) groups excluding carboxylic acids is 1. The first kappa shape index (κ1) is 18.7. The average molecular weight is 325 g/mol. The summed E-state index contributed by atoms with van der Waals surface area (Å²) in [7, 11) is 0. The molecule has 1 amide bonds. The Balaban J connectivity index is 1.88. The smallest absolute Gasteiger partial charge is 0.222 e. The van der Waals surface area contributed by atoms with Crippen LogP contribution < -0.4 is 5.32 Å². The van der Waals surface area contributed by atoms with Crippen molar-refractivity contribution in [3.8, 4) is 0 Å². The SMILES string of the molecule is CCCN(C(=O)CCC1CCNCC1)C1CC(OCC)C1(C)C. The van der Waals surface area contributed by atoms with Gasteiger partial charge < -0.3 is 15.0 Å². The monoisotopic (exact) mass is 324 g/mol. The largest absolute Gasteiger partial charge is 0.378 e. The number of nitrogens with zero attached hydrogens (tertiary/aromatic N) is 1. The minimum atomic E-state index is 0.0790. The van der Waals surface area contributed by atoms with E-state index in [4.69, 9.17) is 4.74 Å². The van der Waals surface area contributed by atoms with E-state index < -0.39 is 0 Å². The van der Waals surface area contributed by atoms with Gasteiger partial charge in [0.2, 0.25) is 5.91 Å². The lowest BCUT2D eigenvalue weighted by Crippen LogP contribution is -2.63. The van der Waals surface area contributed by atoms with E-state index in [0.717, 1.165) is 57.8 Å². The molecule has 1 aliphatic heterocycles. The summed E-state index contributed by atoms with van der Waals surface area (Å²) in [4.78, 5) is 15.0. The predicted molar refractivity (Wildman–Crippen MR) is 94.4 cm³/mol. The van der Waals surface area contributed by atoms with Crippen molar-refractivity contribution in [2.75, 3.05) is 26.2 Å². The lowest BCUT2D eigenvalue weighted by Gasteiger charge is -2.55. The van der Waals surface area contributed by atoms with Crippen molar-refractivity contribution in [3.05, 3.63) is 0 Å². The Morgan fingerprint density at radius 2 is 1.96 bits per heavy atom. The van der Waals surface area contributed by atoms with Crippen molar-refractivity contribution in [1.29, 1.82) is 0 Å². The maximum Gasteiger partial charge on any atom is 0.222 e. The molecule has 2 rings (SSSR count). The van der Waals surface area contributed by atoms with Crippen LogP contribution in [0.3, 0.4) is 0 Å². The van der Waals surface area contributed by atoms with Crippen LogP contribution in [0.5, 0.6) is 0 Å². The first-order valence-electron chi connectivity index (χ1n) is 9.62. The molecule has 0 bridgehead atoms. The molecule has 2 fully saturated rings. The fourth-order valence-electron chi connectivity index (χ4n) is 4.21. The van der Waals surface area contributed by atoms with Gasteiger partial charge in [-0.05, 0) is 58.0 Å². The Morgan fingerprint density at radius 1 is 1.26 bits per heavy atom. The maximum absolute atomic E-state index is 12.8. The second-order valence-corrected chi connectivity index (χ2v) is 7.84. The summed E-state index contributed by atoms with van der Waals surface area (Å²) >= 11 is 0. The van der Waals surface area contributed by atoms with Gasteiger partial charge in [-0.1, -0.05) is 20.8 Å². The number of hydrogen-bond donors (Lipinski definition) is 1. The van der Waals surface area contributed by atoms with Gasteiger partial charge in [0.15, 0.2) is 0 Å². The molecule has 2 aliphatic rings. The fraction of sp³-hybridized carbons (Fsp3) is 0.947. The molecule has 2 unspecified atom stereocenters. The Labute approximate surface area is 142 Å². The molecule has 1 N–H and O–H groups in total. The van der Waals surface area contributed by atoms with E-state index in [-0.39, 0.29) is 5.41 Å². The molecular weight excluding hydrogens is 288 g/mol. The van der Waals surface area contributed by atoms with Crippen molar-refractivity contribution in [2.24, 2.45) is 11.3 Å². The second-order valence-electron chi connectivity index (χ2n) is 7.84. The Bertz CT molecular complexity index is 378. The molecule has 1 aliphatic carbocycles. The van der Waals surface area contributed by atoms with Gasteiger partial charge in [0.1, 0.15) is 0 Å². The topological polar surface area (TPSA) is 41.6 Å². The zero-order valence-electron chi connectivity index (χ0n) is 15.6. The van der Waals surface area contributed by atoms with Gasteiger partial charge in [0.25, 0.3) is 0 Å². The summed E-state index contributed by atoms with van der Waals surface area (Å²) in [5, 5.41) is 3.40. The second kappa shape index (κ2) is 8.48. The van der Waals surface area contributed by atoms with Crippen LogP contribution in [-0.2, 0) is 9.53 Å². The van der Waals surface area contributed by atoms with E-state index in [1.54, 1.807) is 0 Å². The van der Waals surface area contributed by atoms with Crippen LogP contribution in [0.25, 0.3) is 0 Å². The molecule has 0 radical (unpaired) electrons. The van der Waals surface area contributed by atoms with E-state index in [9.17, 15) is 4.79 Å². The highest BCUT2D eigenvalue weighted by Crippen LogP contribution is 2.46. The molecule has 4 heteroatoms. The van der Waals surface area contributed by atoms with Gasteiger partial charge in [-0.25, -0.2) is 0 Å². The summed E-state index contributed by atoms with van der Waals surface area (Å²) in [5.41, 5.74) is 0.0790. The summed E-state index contributed by atoms with van der Waals surface area (Å²) in [5.74, 6) is 1.09. The highest BCUT2D eigenvalue weighted by atomic mass is 16.5. The van der Waals surface area contributed by atoms with Gasteiger partial charge in [-0.2, -0.15) is 0 Å². The molecule has 2 atom stereocenters. The maximum atomic E-state index is 12.8. The van der Waals surface area contributed by atoms with Crippen LogP contribution in [0.2, 0.25) is 0 Å². The zero-order chi connectivity index (χ0) is 16.9. The number of rotatable bonds is 8. The average Bonchev–Trinajstić information content (AvgIpc) is 2.55. The molecule has 4 nitrogen and oxygen atoms in total. The third kappa shape index (κ3) is 4.48. The molecule has 23 heavy (non-hydrogen) atoms. The molecule has 1 saturated carbocycles. The van der Waals surface area contributed by atoms with Crippen LogP contribution >= 0.6 is 0 Å². The third-order valence-corrected chi connectivity index (χ3v) is 5.88. The lowest BCUT2D eigenvalue weighted by molar-refractivity contribution is -0.167. The highest BCUT2D eigenvalue weighted by Gasteiger charge is 2.52. The number of nitrogens with one attached hydrogen (secondary N) is 1. The molecule has 0 aromatic carbocycles. The fourth-order valence-corrected chi connectivity index (χ4v) is 4.21. The highest BCUT2D eigenvalue weighted by molar-refractivity contribution is 5.76. The summed E-state index contributed by atoms with van der Waals surface area (Å²) in [6, 6.07) is 0.347. The number of carbonyl (C=O) groups is 1. The van der Waals surface area contributed by atoms with Gasteiger partial charge in [-0.15, -0.1) is 0 Å². The quantitative estimate of drug-likeness (QED) is 0.745. The van der Waals surface area contributed by atoms with E-state index in [1.807, 2.05) is 0 Å². The minimum absolute atomic E-state index is 0.0790. The third-order valence-electron chi connectivity index (χ3n) is 5.88. The summed E-state index contributed by atoms with van der Waals surface area (Å²) in [6.45, 7) is 12.6. The van der Waals surface area contributed by atoms with Gasteiger partial charge in [-0.3, -0.25) is 4.79 Å². The van der Waals surface area contributed by atoms with E-state index in [0.29, 0.717) is 18.1 Å². The van der Waals surface area contributed by atoms with Crippen LogP contribution in [0.4, 0.5) is 0 Å². The van der Waals surface area contributed by atoms with Crippen LogP contribution in [0.1, 0.15) is 66.2 Å². The van der Waals surface area contributed by atoms with E-state index in [2.05, 4.69) is 37.9 Å². The Morgan fingerprint density at radius 3 is 2.52 bits per heavy atom. The van der Waals surface area contributed by atoms with Crippen molar-refractivity contribution in [1.82, 2.24) is 10.2 Å². The normalized spacial score (nSPS) is 27.5. The van der Waals surface area contributed by atoms with E-state index >= 15 is 0 Å². The Hall–Kier alpha value is -0.610. The van der Waals surface area contributed by atoms with Crippen molar-refractivity contribution in [2.45, 2.75) is 78.4 Å². The van der Waals surface area contributed by atoms with Crippen molar-refractivity contribution >= 4 is 5.91 Å². The van der Waals surface area contributed by atoms with Crippen LogP contribution in [0, 0.1) is 11.3 Å². The minimum Gasteiger partial charge on any atom is -0.378 e. The van der Waals surface area contributed by atoms with Gasteiger partial charge in [0, 0.05) is 31.0 Å². The van der Waals surface area contributed by atoms with Crippen LogP contribution in [0.15, 0.2) is 0 Å². The summed E-state index contributed by atoms with van der Waals surface area (Å²) < 4.78 is 5.84. The van der Waals surface area contributed by atoms with Crippen molar-refractivity contribution < 1.29 is 9.53 Å². The predicted octanol–water partition coefficient (Wildman–Crippen LogP) is 3.21. The summed E-state index contributed by atoms with van der Waals surface area (Å²) in [6.07, 6.45) is 6.56. The molecule has 0 aromatic rings. The molecular formula is C19H36N2O2. The molecule has 134 valence electrons. The van der Waals surface area contributed by atoms with Gasteiger partial charge >= 0.3 is 0 Å². The van der Waals surface area contributed by atoms with Gasteiger partial charge in [0.05, 0.1) is 6.10 Å². The zero-order valence-corrected chi connectivity index (χ0v) is 15.6. The molecule has 0 spiro atoms. The standard InChI is InChI=1S/C19H36N2O2/c1-5-13-21(16-14-17(23-6-2)19(16,3)4)18(22)8-7-15-9-11-20-12-10-15/h15-17,20H,5-14H2,1-4H3. The van der Waals surface area contributed by atoms with Crippen LogP contribution in [-0.4, -0.2) is 49.2 Å². The first-order valence-corrected chi connectivity index (χ1v) is 9.62. The molecule has 0 aromatic heterocycles. The number of hydrogen-bond acceptors (Lipinski definition) is 3. The van der Waals surface area contributed by atoms with E-state index in [1.165, 1.54) is 12.8 Å². The molecule has 1 heterocycles. The Kier molecular flexibility index (Phi) is 6.90. The number of piperidine rings is 1. The number of amides is 1. The molecule has 1 saturated heterocycles. The number of ether oxygens (including phenoxy) is 1.